The quantitative estimate of drug-likeness (QED) is 0.848. The summed E-state index contributed by atoms with van der Waals surface area (Å²) in [6.07, 6.45) is 0.856. The maximum atomic E-state index is 12.4. The van der Waals surface area contributed by atoms with Gasteiger partial charge in [0.2, 0.25) is 0 Å². The largest absolute Gasteiger partial charge is 0.453 e. The van der Waals surface area contributed by atoms with Gasteiger partial charge in [0.1, 0.15) is 11.1 Å². The number of para-hydroxylation sites is 1. The first-order chi connectivity index (χ1) is 11.6. The van der Waals surface area contributed by atoms with Crippen molar-refractivity contribution >= 4 is 23.0 Å². The zero-order valence-electron chi connectivity index (χ0n) is 13.3. The van der Waals surface area contributed by atoms with Crippen LogP contribution in [0.4, 0.5) is 4.79 Å². The molecular weight excluding hydrogens is 312 g/mol. The predicted octanol–water partition coefficient (Wildman–Crippen LogP) is 1.75. The molecule has 24 heavy (non-hydrogen) atoms. The van der Waals surface area contributed by atoms with Crippen LogP contribution in [-0.2, 0) is 4.74 Å². The normalized spacial score (nSPS) is 15.3. The Morgan fingerprint density at radius 2 is 1.96 bits per heavy atom. The van der Waals surface area contributed by atoms with Gasteiger partial charge in [-0.2, -0.15) is 0 Å². The molecule has 0 aliphatic carbocycles. The topological polar surface area (TPSA) is 88.8 Å². The van der Waals surface area contributed by atoms with E-state index in [0.29, 0.717) is 36.9 Å². The van der Waals surface area contributed by atoms with Crippen molar-refractivity contribution in [3.05, 3.63) is 46.3 Å². The lowest BCUT2D eigenvalue weighted by Gasteiger charge is -2.31. The van der Waals surface area contributed by atoms with Crippen LogP contribution in [0.15, 0.2) is 39.5 Å². The SMILES string of the molecule is COC(=O)N1CCC(NC(=O)c2cc3ccccc3oc2=O)CC1. The number of amides is 2. The Labute approximate surface area is 138 Å². The number of ether oxygens (including phenoxy) is 1. The fourth-order valence-electron chi connectivity index (χ4n) is 2.82. The van der Waals surface area contributed by atoms with Crippen LogP contribution in [0.25, 0.3) is 11.0 Å². The average Bonchev–Trinajstić information content (AvgIpc) is 2.61. The number of rotatable bonds is 2. The molecule has 1 aromatic heterocycles. The van der Waals surface area contributed by atoms with Gasteiger partial charge in [-0.15, -0.1) is 0 Å². The van der Waals surface area contributed by atoms with E-state index in [2.05, 4.69) is 10.1 Å². The van der Waals surface area contributed by atoms with Gasteiger partial charge < -0.3 is 19.4 Å². The summed E-state index contributed by atoms with van der Waals surface area (Å²) in [5.41, 5.74) is -0.215. The molecule has 0 bridgehead atoms. The van der Waals surface area contributed by atoms with E-state index < -0.39 is 11.5 Å². The van der Waals surface area contributed by atoms with Gasteiger partial charge in [-0.3, -0.25) is 4.79 Å². The predicted molar refractivity (Wildman–Crippen MR) is 87.0 cm³/mol. The summed E-state index contributed by atoms with van der Waals surface area (Å²) < 4.78 is 9.86. The number of carbonyl (C=O) groups excluding carboxylic acids is 2. The Balaban J connectivity index is 1.69. The third kappa shape index (κ3) is 3.24. The van der Waals surface area contributed by atoms with Crippen LogP contribution in [0, 0.1) is 0 Å². The van der Waals surface area contributed by atoms with Crippen LogP contribution in [-0.4, -0.2) is 43.1 Å². The summed E-state index contributed by atoms with van der Waals surface area (Å²) in [5, 5.41) is 3.54. The van der Waals surface area contributed by atoms with Gasteiger partial charge in [0.25, 0.3) is 5.91 Å². The summed E-state index contributed by atoms with van der Waals surface area (Å²) in [5.74, 6) is -0.453. The first kappa shape index (κ1) is 16.0. The molecule has 0 saturated carbocycles. The molecule has 1 fully saturated rings. The second-order valence-electron chi connectivity index (χ2n) is 5.69. The summed E-state index contributed by atoms with van der Waals surface area (Å²) in [7, 11) is 1.34. The second kappa shape index (κ2) is 6.74. The van der Waals surface area contributed by atoms with E-state index in [1.807, 2.05) is 6.07 Å². The highest BCUT2D eigenvalue weighted by Gasteiger charge is 2.25. The number of nitrogens with one attached hydrogen (secondary N) is 1. The molecule has 7 heteroatoms. The molecule has 2 heterocycles. The van der Waals surface area contributed by atoms with E-state index >= 15 is 0 Å². The Bertz CT molecular complexity index is 821. The molecule has 1 aromatic carbocycles. The minimum atomic E-state index is -0.654. The number of piperidine rings is 1. The molecule has 0 radical (unpaired) electrons. The zero-order chi connectivity index (χ0) is 17.1. The fraction of sp³-hybridized carbons (Fsp3) is 0.353. The van der Waals surface area contributed by atoms with Gasteiger partial charge in [-0.1, -0.05) is 18.2 Å². The molecule has 126 valence electrons. The number of hydrogen-bond acceptors (Lipinski definition) is 5. The van der Waals surface area contributed by atoms with Crippen molar-refractivity contribution in [2.24, 2.45) is 0 Å². The number of hydrogen-bond donors (Lipinski definition) is 1. The first-order valence-electron chi connectivity index (χ1n) is 7.75. The number of benzene rings is 1. The molecule has 1 saturated heterocycles. The van der Waals surface area contributed by atoms with E-state index in [4.69, 9.17) is 4.42 Å². The lowest BCUT2D eigenvalue weighted by molar-refractivity contribution is 0.0889. The smallest absolute Gasteiger partial charge is 0.409 e. The maximum Gasteiger partial charge on any atom is 0.409 e. The van der Waals surface area contributed by atoms with E-state index in [0.717, 1.165) is 0 Å². The van der Waals surface area contributed by atoms with Gasteiger partial charge in [0, 0.05) is 24.5 Å². The van der Waals surface area contributed by atoms with Crippen LogP contribution in [0.2, 0.25) is 0 Å². The number of methoxy groups -OCH3 is 1. The van der Waals surface area contributed by atoms with Crippen molar-refractivity contribution < 1.29 is 18.7 Å². The highest BCUT2D eigenvalue weighted by Crippen LogP contribution is 2.14. The minimum absolute atomic E-state index is 0.0101. The van der Waals surface area contributed by atoms with Crippen LogP contribution >= 0.6 is 0 Å². The number of fused-ring (bicyclic) bond motifs is 1. The monoisotopic (exact) mass is 330 g/mol. The van der Waals surface area contributed by atoms with E-state index in [-0.39, 0.29) is 17.7 Å². The lowest BCUT2D eigenvalue weighted by Crippen LogP contribution is -2.47. The van der Waals surface area contributed by atoms with Crippen LogP contribution in [0.1, 0.15) is 23.2 Å². The highest BCUT2D eigenvalue weighted by molar-refractivity contribution is 5.96. The van der Waals surface area contributed by atoms with Crippen molar-refractivity contribution in [3.63, 3.8) is 0 Å². The molecule has 0 unspecified atom stereocenters. The number of likely N-dealkylation sites (tertiary alicyclic amines) is 1. The summed E-state index contributed by atoms with van der Waals surface area (Å²) in [6.45, 7) is 1.01. The Hall–Kier alpha value is -2.83. The van der Waals surface area contributed by atoms with E-state index in [9.17, 15) is 14.4 Å². The van der Waals surface area contributed by atoms with Gasteiger partial charge in [0.15, 0.2) is 0 Å². The number of nitrogens with zero attached hydrogens (tertiary/aromatic N) is 1. The molecule has 2 aromatic rings. The minimum Gasteiger partial charge on any atom is -0.453 e. The second-order valence-corrected chi connectivity index (χ2v) is 5.69. The van der Waals surface area contributed by atoms with Gasteiger partial charge >= 0.3 is 11.7 Å². The molecule has 0 atom stereocenters. The van der Waals surface area contributed by atoms with Crippen molar-refractivity contribution in [2.75, 3.05) is 20.2 Å². The summed E-state index contributed by atoms with van der Waals surface area (Å²) in [6, 6.07) is 8.49. The van der Waals surface area contributed by atoms with Crippen molar-refractivity contribution in [1.29, 1.82) is 0 Å². The Morgan fingerprint density at radius 3 is 2.67 bits per heavy atom. The molecule has 2 amide bonds. The van der Waals surface area contributed by atoms with Crippen molar-refractivity contribution in [1.82, 2.24) is 10.2 Å². The van der Waals surface area contributed by atoms with E-state index in [1.165, 1.54) is 7.11 Å². The van der Waals surface area contributed by atoms with Gasteiger partial charge in [-0.05, 0) is 25.0 Å². The van der Waals surface area contributed by atoms with Crippen LogP contribution < -0.4 is 10.9 Å². The fourth-order valence-corrected chi connectivity index (χ4v) is 2.82. The molecule has 3 rings (SSSR count). The lowest BCUT2D eigenvalue weighted by atomic mass is 10.0. The average molecular weight is 330 g/mol. The standard InChI is InChI=1S/C17H18N2O5/c1-23-17(22)19-8-6-12(7-9-19)18-15(20)13-10-11-4-2-3-5-14(11)24-16(13)21/h2-5,10,12H,6-9H2,1H3,(H,18,20). The van der Waals surface area contributed by atoms with Crippen molar-refractivity contribution in [2.45, 2.75) is 18.9 Å². The van der Waals surface area contributed by atoms with E-state index in [1.54, 1.807) is 29.2 Å². The molecule has 1 aliphatic rings. The molecular formula is C17H18N2O5. The summed E-state index contributed by atoms with van der Waals surface area (Å²) in [4.78, 5) is 37.4. The molecule has 1 aliphatic heterocycles. The Morgan fingerprint density at radius 1 is 1.25 bits per heavy atom. The molecule has 1 N–H and O–H groups in total. The van der Waals surface area contributed by atoms with Crippen LogP contribution in [0.5, 0.6) is 0 Å². The zero-order valence-corrected chi connectivity index (χ0v) is 13.3. The van der Waals surface area contributed by atoms with Gasteiger partial charge in [-0.25, -0.2) is 9.59 Å². The summed E-state index contributed by atoms with van der Waals surface area (Å²) >= 11 is 0. The Kier molecular flexibility index (Phi) is 4.50. The number of carbonyl (C=O) groups is 2. The first-order valence-corrected chi connectivity index (χ1v) is 7.75. The third-order valence-corrected chi connectivity index (χ3v) is 4.15. The van der Waals surface area contributed by atoms with Gasteiger partial charge in [0.05, 0.1) is 7.11 Å². The highest BCUT2D eigenvalue weighted by atomic mass is 16.5. The third-order valence-electron chi connectivity index (χ3n) is 4.15. The molecule has 0 spiro atoms. The van der Waals surface area contributed by atoms with Crippen molar-refractivity contribution in [3.8, 4) is 0 Å². The maximum absolute atomic E-state index is 12.4. The van der Waals surface area contributed by atoms with Crippen LogP contribution in [0.3, 0.4) is 0 Å². The molecule has 7 nitrogen and oxygen atoms in total.